The molecule has 0 aliphatic carbocycles. The fourth-order valence-electron chi connectivity index (χ4n) is 3.74. The number of ether oxygens (including phenoxy) is 6. The summed E-state index contributed by atoms with van der Waals surface area (Å²) in [6.45, 7) is 4.44. The van der Waals surface area contributed by atoms with Gasteiger partial charge in [-0.3, -0.25) is 29.3 Å². The first kappa shape index (κ1) is 29.6. The van der Waals surface area contributed by atoms with Crippen molar-refractivity contribution in [2.75, 3.05) is 13.2 Å². The maximum atomic E-state index is 11.8. The van der Waals surface area contributed by atoms with Crippen molar-refractivity contribution < 1.29 is 52.5 Å². The lowest BCUT2D eigenvalue weighted by Crippen LogP contribution is -2.63. The molecule has 204 valence electrons. The fourth-order valence-corrected chi connectivity index (χ4v) is 3.74. The van der Waals surface area contributed by atoms with E-state index in [1.165, 1.54) is 19.1 Å². The number of hydrogen-bond acceptors (Lipinski definition) is 12. The summed E-state index contributed by atoms with van der Waals surface area (Å²) in [5.41, 5.74) is 0.925. The van der Waals surface area contributed by atoms with Crippen molar-refractivity contribution in [2.24, 2.45) is 0 Å². The topological polar surface area (TPSA) is 167 Å². The van der Waals surface area contributed by atoms with E-state index in [-0.39, 0.29) is 18.9 Å². The summed E-state index contributed by atoms with van der Waals surface area (Å²) in [6.07, 6.45) is -4.24. The molecule has 37 heavy (non-hydrogen) atoms. The first-order chi connectivity index (χ1) is 17.5. The fraction of sp³-hybridized carbons (Fsp3) is 0.583. The van der Waals surface area contributed by atoms with Gasteiger partial charge in [0.15, 0.2) is 24.6 Å². The van der Waals surface area contributed by atoms with Crippen LogP contribution in [0.4, 0.5) is 5.69 Å². The molecule has 1 heterocycles. The number of nitro benzene ring substituents is 1. The van der Waals surface area contributed by atoms with Gasteiger partial charge in [0, 0.05) is 46.4 Å². The Labute approximate surface area is 213 Å². The van der Waals surface area contributed by atoms with Gasteiger partial charge < -0.3 is 28.4 Å². The van der Waals surface area contributed by atoms with Gasteiger partial charge in [-0.25, -0.2) is 0 Å². The molecule has 1 aliphatic rings. The number of carbonyl (C=O) groups is 4. The first-order valence-electron chi connectivity index (χ1n) is 11.6. The highest BCUT2D eigenvalue weighted by Crippen LogP contribution is 2.30. The van der Waals surface area contributed by atoms with Crippen molar-refractivity contribution in [1.82, 2.24) is 0 Å². The zero-order valence-electron chi connectivity index (χ0n) is 21.1. The largest absolute Gasteiger partial charge is 0.463 e. The second-order valence-corrected chi connectivity index (χ2v) is 8.32. The summed E-state index contributed by atoms with van der Waals surface area (Å²) < 4.78 is 32.7. The summed E-state index contributed by atoms with van der Waals surface area (Å²) in [4.78, 5) is 57.1. The molecule has 1 fully saturated rings. The van der Waals surface area contributed by atoms with E-state index >= 15 is 0 Å². The molecule has 1 saturated heterocycles. The lowest BCUT2D eigenvalue weighted by atomic mass is 9.98. The Hall–Kier alpha value is -3.58. The van der Waals surface area contributed by atoms with Crippen molar-refractivity contribution in [1.29, 1.82) is 0 Å². The highest BCUT2D eigenvalue weighted by molar-refractivity contribution is 5.68. The second kappa shape index (κ2) is 14.2. The number of carbonyl (C=O) groups excluding carboxylic acids is 4. The van der Waals surface area contributed by atoms with Crippen LogP contribution in [0, 0.1) is 10.1 Å². The Morgan fingerprint density at radius 1 is 0.838 bits per heavy atom. The SMILES string of the molecule is CC(=O)OC[C@H]1O[C@@H](OCCCCc2ccc([N+](=O)[O-])cc2)[C@H](OC(C)=O)[C@@H](OC(C)=O)[C@@H]1OC(C)=O. The van der Waals surface area contributed by atoms with Crippen LogP contribution >= 0.6 is 0 Å². The van der Waals surface area contributed by atoms with Crippen LogP contribution in [0.1, 0.15) is 46.1 Å². The predicted molar refractivity (Wildman–Crippen MR) is 124 cm³/mol. The van der Waals surface area contributed by atoms with Crippen LogP contribution in [-0.2, 0) is 54.0 Å². The zero-order chi connectivity index (χ0) is 27.5. The minimum Gasteiger partial charge on any atom is -0.463 e. The van der Waals surface area contributed by atoms with E-state index in [1.807, 2.05) is 0 Å². The molecule has 5 atom stereocenters. The Morgan fingerprint density at radius 2 is 1.41 bits per heavy atom. The molecule has 1 aliphatic heterocycles. The molecule has 0 amide bonds. The Balaban J connectivity index is 2.11. The average molecular weight is 526 g/mol. The van der Waals surface area contributed by atoms with Crippen molar-refractivity contribution in [3.63, 3.8) is 0 Å². The van der Waals surface area contributed by atoms with Crippen LogP contribution < -0.4 is 0 Å². The third-order valence-electron chi connectivity index (χ3n) is 5.24. The second-order valence-electron chi connectivity index (χ2n) is 8.32. The third-order valence-corrected chi connectivity index (χ3v) is 5.24. The number of aryl methyl sites for hydroxylation is 1. The van der Waals surface area contributed by atoms with Crippen molar-refractivity contribution >= 4 is 29.6 Å². The van der Waals surface area contributed by atoms with Gasteiger partial charge in [-0.1, -0.05) is 12.1 Å². The molecule has 0 saturated carbocycles. The molecule has 13 nitrogen and oxygen atoms in total. The van der Waals surface area contributed by atoms with Crippen LogP contribution in [0.15, 0.2) is 24.3 Å². The highest BCUT2D eigenvalue weighted by atomic mass is 16.7. The van der Waals surface area contributed by atoms with Crippen LogP contribution in [0.2, 0.25) is 0 Å². The average Bonchev–Trinajstić information content (AvgIpc) is 2.80. The minimum atomic E-state index is -1.29. The normalized spacial score (nSPS) is 23.0. The summed E-state index contributed by atoms with van der Waals surface area (Å²) in [5, 5.41) is 10.8. The number of unbranched alkanes of at least 4 members (excludes halogenated alkanes) is 1. The number of nitrogens with zero attached hydrogens (tertiary/aromatic N) is 1. The van der Waals surface area contributed by atoms with Gasteiger partial charge in [0.05, 0.1) is 4.92 Å². The number of hydrogen-bond donors (Lipinski definition) is 0. The van der Waals surface area contributed by atoms with E-state index in [1.54, 1.807) is 12.1 Å². The number of nitro groups is 1. The third kappa shape index (κ3) is 9.77. The minimum absolute atomic E-state index is 0.00995. The van der Waals surface area contributed by atoms with E-state index in [2.05, 4.69) is 0 Å². The van der Waals surface area contributed by atoms with Gasteiger partial charge >= 0.3 is 23.9 Å². The monoisotopic (exact) mass is 525 g/mol. The summed E-state index contributed by atoms with van der Waals surface area (Å²) in [6, 6.07) is 6.23. The van der Waals surface area contributed by atoms with Gasteiger partial charge in [-0.15, -0.1) is 0 Å². The molecule has 0 unspecified atom stereocenters. The smallest absolute Gasteiger partial charge is 0.303 e. The van der Waals surface area contributed by atoms with Gasteiger partial charge in [0.1, 0.15) is 12.7 Å². The Bertz CT molecular complexity index is 963. The summed E-state index contributed by atoms with van der Waals surface area (Å²) in [7, 11) is 0. The van der Waals surface area contributed by atoms with Crippen molar-refractivity contribution in [2.45, 2.75) is 77.7 Å². The first-order valence-corrected chi connectivity index (χ1v) is 11.6. The molecular formula is C24H31NO12. The van der Waals surface area contributed by atoms with Crippen LogP contribution in [0.25, 0.3) is 0 Å². The van der Waals surface area contributed by atoms with Crippen LogP contribution in [-0.4, -0.2) is 72.7 Å². The maximum absolute atomic E-state index is 11.8. The van der Waals surface area contributed by atoms with E-state index < -0.39 is 59.5 Å². The zero-order valence-corrected chi connectivity index (χ0v) is 21.1. The molecule has 1 aromatic carbocycles. The molecule has 2 rings (SSSR count). The van der Waals surface area contributed by atoms with E-state index in [0.29, 0.717) is 19.3 Å². The van der Waals surface area contributed by atoms with Crippen molar-refractivity contribution in [3.05, 3.63) is 39.9 Å². The molecule has 0 bridgehead atoms. The van der Waals surface area contributed by atoms with Crippen molar-refractivity contribution in [3.8, 4) is 0 Å². The van der Waals surface area contributed by atoms with E-state index in [0.717, 1.165) is 26.3 Å². The molecule has 0 radical (unpaired) electrons. The Morgan fingerprint density at radius 3 is 1.95 bits per heavy atom. The maximum Gasteiger partial charge on any atom is 0.303 e. The molecule has 13 heteroatoms. The van der Waals surface area contributed by atoms with Gasteiger partial charge in [0.25, 0.3) is 5.69 Å². The number of esters is 4. The van der Waals surface area contributed by atoms with E-state index in [4.69, 9.17) is 28.4 Å². The standard InChI is InChI=1S/C24H31NO12/c1-14(26)33-13-20-21(34-15(2)27)22(35-16(3)28)23(36-17(4)29)24(37-20)32-12-6-5-7-18-8-10-19(11-9-18)25(30)31/h8-11,20-24H,5-7,12-13H2,1-4H3/t20-,21-,22+,23-,24-/m1/s1. The number of non-ortho nitro benzene ring substituents is 1. The quantitative estimate of drug-likeness (QED) is 0.128. The van der Waals surface area contributed by atoms with Gasteiger partial charge in [-0.2, -0.15) is 0 Å². The molecule has 0 N–H and O–H groups in total. The highest BCUT2D eigenvalue weighted by Gasteiger charge is 2.52. The van der Waals surface area contributed by atoms with E-state index in [9.17, 15) is 29.3 Å². The summed E-state index contributed by atoms with van der Waals surface area (Å²) in [5.74, 6) is -2.77. The Kier molecular flexibility index (Phi) is 11.4. The number of rotatable bonds is 12. The number of benzene rings is 1. The molecular weight excluding hydrogens is 494 g/mol. The van der Waals surface area contributed by atoms with Gasteiger partial charge in [0.2, 0.25) is 0 Å². The lowest BCUT2D eigenvalue weighted by molar-refractivity contribution is -0.384. The molecule has 0 spiro atoms. The summed E-state index contributed by atoms with van der Waals surface area (Å²) >= 11 is 0. The molecule has 0 aromatic heterocycles. The van der Waals surface area contributed by atoms with Gasteiger partial charge in [-0.05, 0) is 24.8 Å². The van der Waals surface area contributed by atoms with Crippen LogP contribution in [0.3, 0.4) is 0 Å². The lowest BCUT2D eigenvalue weighted by Gasteiger charge is -2.44. The van der Waals surface area contributed by atoms with Crippen LogP contribution in [0.5, 0.6) is 0 Å². The molecule has 1 aromatic rings. The predicted octanol–water partition coefficient (Wildman–Crippen LogP) is 2.02.